The highest BCUT2D eigenvalue weighted by Gasteiger charge is 2.20. The Balaban J connectivity index is 2.96. The Hall–Kier alpha value is -0.920. The van der Waals surface area contributed by atoms with E-state index in [1.54, 1.807) is 19.1 Å². The van der Waals surface area contributed by atoms with Gasteiger partial charge in [-0.05, 0) is 31.5 Å². The topological polar surface area (TPSA) is 89.3 Å². The van der Waals surface area contributed by atoms with Crippen molar-refractivity contribution in [1.29, 1.82) is 0 Å². The number of hydrogen-bond donors (Lipinski definition) is 2. The second-order valence-electron chi connectivity index (χ2n) is 4.30. The fourth-order valence-electron chi connectivity index (χ4n) is 1.63. The van der Waals surface area contributed by atoms with Gasteiger partial charge in [0.1, 0.15) is 4.90 Å². The van der Waals surface area contributed by atoms with E-state index in [0.29, 0.717) is 0 Å². The highest BCUT2D eigenvalue weighted by atomic mass is 32.2. The van der Waals surface area contributed by atoms with Crippen LogP contribution in [0.3, 0.4) is 0 Å². The minimum atomic E-state index is -3.66. The van der Waals surface area contributed by atoms with Gasteiger partial charge in [-0.1, -0.05) is 6.07 Å². The van der Waals surface area contributed by atoms with Crippen molar-refractivity contribution >= 4 is 26.5 Å². The van der Waals surface area contributed by atoms with Crippen molar-refractivity contribution in [2.75, 3.05) is 17.7 Å². The van der Waals surface area contributed by atoms with E-state index in [0.717, 1.165) is 5.56 Å². The van der Waals surface area contributed by atoms with E-state index in [9.17, 15) is 12.6 Å². The predicted molar refractivity (Wildman–Crippen MR) is 74.3 cm³/mol. The lowest BCUT2D eigenvalue weighted by Crippen LogP contribution is -2.36. The monoisotopic (exact) mass is 290 g/mol. The molecule has 0 spiro atoms. The molecule has 2 unspecified atom stereocenters. The molecule has 0 radical (unpaired) electrons. The first kappa shape index (κ1) is 15.1. The van der Waals surface area contributed by atoms with Crippen LogP contribution < -0.4 is 10.5 Å². The lowest BCUT2D eigenvalue weighted by Gasteiger charge is -2.14. The van der Waals surface area contributed by atoms with E-state index in [2.05, 4.69) is 4.72 Å². The number of hydrogen-bond acceptors (Lipinski definition) is 4. The Kier molecular flexibility index (Phi) is 4.89. The molecule has 0 aliphatic rings. The number of rotatable bonds is 5. The third kappa shape index (κ3) is 4.08. The summed E-state index contributed by atoms with van der Waals surface area (Å²) in [4.78, 5) is 0.0573. The number of sulfonamides is 1. The smallest absolute Gasteiger partial charge is 0.242 e. The van der Waals surface area contributed by atoms with Crippen molar-refractivity contribution in [3.8, 4) is 0 Å². The molecule has 0 heterocycles. The second kappa shape index (κ2) is 5.81. The third-order valence-electron chi connectivity index (χ3n) is 2.30. The number of nitrogens with two attached hydrogens (primary N) is 1. The van der Waals surface area contributed by atoms with Gasteiger partial charge in [0.05, 0.1) is 5.69 Å². The zero-order valence-corrected chi connectivity index (χ0v) is 12.3. The number of anilines is 1. The molecule has 5 nitrogen and oxygen atoms in total. The van der Waals surface area contributed by atoms with Crippen LogP contribution in [-0.4, -0.2) is 30.7 Å². The van der Waals surface area contributed by atoms with Crippen LogP contribution in [0.5, 0.6) is 0 Å². The van der Waals surface area contributed by atoms with Crippen LogP contribution >= 0.6 is 0 Å². The summed E-state index contributed by atoms with van der Waals surface area (Å²) in [7, 11) is -4.72. The van der Waals surface area contributed by atoms with Crippen LogP contribution in [0.1, 0.15) is 12.5 Å². The highest BCUT2D eigenvalue weighted by molar-refractivity contribution is 7.89. The van der Waals surface area contributed by atoms with Crippen LogP contribution in [0.2, 0.25) is 0 Å². The van der Waals surface area contributed by atoms with Gasteiger partial charge in [0, 0.05) is 28.9 Å². The SMILES string of the molecule is Cc1ccc(S(=O)(=O)NC(C)CS(C)=O)c(N)c1. The Morgan fingerprint density at radius 2 is 2.06 bits per heavy atom. The quantitative estimate of drug-likeness (QED) is 0.778. The zero-order chi connectivity index (χ0) is 13.9. The Bertz CT molecular complexity index is 555. The molecule has 2 atom stereocenters. The van der Waals surface area contributed by atoms with Gasteiger partial charge in [-0.15, -0.1) is 0 Å². The van der Waals surface area contributed by atoms with Crippen molar-refractivity contribution in [2.24, 2.45) is 0 Å². The molecule has 0 saturated carbocycles. The molecule has 0 fully saturated rings. The molecule has 0 amide bonds. The maximum atomic E-state index is 12.1. The summed E-state index contributed by atoms with van der Waals surface area (Å²) in [6, 6.07) is 4.37. The number of benzene rings is 1. The average molecular weight is 290 g/mol. The van der Waals surface area contributed by atoms with Crippen LogP contribution in [0.25, 0.3) is 0 Å². The van der Waals surface area contributed by atoms with E-state index in [-0.39, 0.29) is 16.3 Å². The molecule has 1 rings (SSSR count). The van der Waals surface area contributed by atoms with Crippen molar-refractivity contribution in [2.45, 2.75) is 24.8 Å². The summed E-state index contributed by atoms with van der Waals surface area (Å²) in [5, 5.41) is 0. The van der Waals surface area contributed by atoms with Crippen molar-refractivity contribution in [1.82, 2.24) is 4.72 Å². The van der Waals surface area contributed by atoms with Gasteiger partial charge in [-0.25, -0.2) is 13.1 Å². The Morgan fingerprint density at radius 3 is 2.56 bits per heavy atom. The first-order chi connectivity index (χ1) is 8.22. The van der Waals surface area contributed by atoms with Crippen LogP contribution in [0.4, 0.5) is 5.69 Å². The predicted octanol–water partition coefficient (Wildman–Crippen LogP) is 0.623. The van der Waals surface area contributed by atoms with Gasteiger partial charge in [-0.3, -0.25) is 4.21 Å². The summed E-state index contributed by atoms with van der Waals surface area (Å²) < 4.78 is 37.6. The zero-order valence-electron chi connectivity index (χ0n) is 10.6. The lowest BCUT2D eigenvalue weighted by molar-refractivity contribution is 0.570. The summed E-state index contributed by atoms with van der Waals surface area (Å²) in [6.45, 7) is 3.51. The maximum Gasteiger partial charge on any atom is 0.242 e. The maximum absolute atomic E-state index is 12.1. The fraction of sp³-hybridized carbons (Fsp3) is 0.455. The standard InChI is InChI=1S/C11H18N2O3S2/c1-8-4-5-11(10(12)6-8)18(15,16)13-9(2)7-17(3)14/h4-6,9,13H,7,12H2,1-3H3. The second-order valence-corrected chi connectivity index (χ2v) is 7.47. The van der Waals surface area contributed by atoms with E-state index < -0.39 is 26.9 Å². The summed E-state index contributed by atoms with van der Waals surface area (Å²) in [5.41, 5.74) is 6.82. The summed E-state index contributed by atoms with van der Waals surface area (Å²) in [5.74, 6) is 0.269. The summed E-state index contributed by atoms with van der Waals surface area (Å²) >= 11 is 0. The van der Waals surface area contributed by atoms with Gasteiger partial charge in [0.15, 0.2) is 0 Å². The van der Waals surface area contributed by atoms with Gasteiger partial charge in [0.2, 0.25) is 10.0 Å². The van der Waals surface area contributed by atoms with E-state index in [4.69, 9.17) is 5.73 Å². The lowest BCUT2D eigenvalue weighted by atomic mass is 10.2. The molecule has 3 N–H and O–H groups in total. The molecule has 7 heteroatoms. The molecular weight excluding hydrogens is 272 g/mol. The van der Waals surface area contributed by atoms with Crippen LogP contribution in [0.15, 0.2) is 23.1 Å². The Morgan fingerprint density at radius 1 is 1.44 bits per heavy atom. The van der Waals surface area contributed by atoms with Gasteiger partial charge in [0.25, 0.3) is 0 Å². The molecule has 102 valence electrons. The normalized spacial score (nSPS) is 15.3. The number of nitrogen functional groups attached to an aromatic ring is 1. The van der Waals surface area contributed by atoms with Gasteiger partial charge >= 0.3 is 0 Å². The first-order valence-electron chi connectivity index (χ1n) is 5.41. The highest BCUT2D eigenvalue weighted by Crippen LogP contribution is 2.19. The molecule has 1 aromatic rings. The fourth-order valence-corrected chi connectivity index (χ4v) is 3.88. The van der Waals surface area contributed by atoms with Crippen molar-refractivity contribution in [3.63, 3.8) is 0 Å². The molecule has 0 saturated heterocycles. The molecule has 0 aliphatic heterocycles. The van der Waals surface area contributed by atoms with Gasteiger partial charge in [-0.2, -0.15) is 0 Å². The van der Waals surface area contributed by atoms with E-state index in [1.807, 2.05) is 6.92 Å². The van der Waals surface area contributed by atoms with Crippen LogP contribution in [-0.2, 0) is 20.8 Å². The van der Waals surface area contributed by atoms with Crippen molar-refractivity contribution < 1.29 is 12.6 Å². The molecular formula is C11H18N2O3S2. The van der Waals surface area contributed by atoms with Crippen LogP contribution in [0, 0.1) is 6.92 Å². The molecule has 1 aromatic carbocycles. The molecule has 0 aliphatic carbocycles. The minimum Gasteiger partial charge on any atom is -0.398 e. The van der Waals surface area contributed by atoms with E-state index >= 15 is 0 Å². The Labute approximate surface area is 110 Å². The first-order valence-corrected chi connectivity index (χ1v) is 8.62. The largest absolute Gasteiger partial charge is 0.398 e. The molecule has 18 heavy (non-hydrogen) atoms. The number of nitrogens with one attached hydrogen (secondary N) is 1. The van der Waals surface area contributed by atoms with Crippen molar-refractivity contribution in [3.05, 3.63) is 23.8 Å². The third-order valence-corrected chi connectivity index (χ3v) is 4.93. The average Bonchev–Trinajstić information content (AvgIpc) is 2.13. The summed E-state index contributed by atoms with van der Waals surface area (Å²) in [6.07, 6.45) is 1.53. The van der Waals surface area contributed by atoms with Gasteiger partial charge < -0.3 is 5.73 Å². The van der Waals surface area contributed by atoms with E-state index in [1.165, 1.54) is 12.3 Å². The molecule has 0 aromatic heterocycles. The molecule has 0 bridgehead atoms. The minimum absolute atomic E-state index is 0.0573. The number of aryl methyl sites for hydroxylation is 1.